The van der Waals surface area contributed by atoms with Crippen molar-refractivity contribution in [1.29, 1.82) is 0 Å². The van der Waals surface area contributed by atoms with Crippen molar-refractivity contribution in [1.82, 2.24) is 15.6 Å². The molecule has 1 aliphatic carbocycles. The van der Waals surface area contributed by atoms with Gasteiger partial charge in [0.2, 0.25) is 0 Å². The van der Waals surface area contributed by atoms with Gasteiger partial charge in [-0.3, -0.25) is 9.59 Å². The van der Waals surface area contributed by atoms with Gasteiger partial charge in [0, 0.05) is 29.7 Å². The maximum absolute atomic E-state index is 14.1. The summed E-state index contributed by atoms with van der Waals surface area (Å²) in [7, 11) is 1.48. The van der Waals surface area contributed by atoms with Gasteiger partial charge in [-0.05, 0) is 38.3 Å². The van der Waals surface area contributed by atoms with Crippen LogP contribution < -0.4 is 15.4 Å². The first-order valence-corrected chi connectivity index (χ1v) is 9.14. The minimum absolute atomic E-state index is 0.109. The average molecular weight is 394 g/mol. The Balaban J connectivity index is 1.83. The van der Waals surface area contributed by atoms with Gasteiger partial charge in [-0.25, -0.2) is 4.39 Å². The highest BCUT2D eigenvalue weighted by molar-refractivity contribution is 6.30. The summed E-state index contributed by atoms with van der Waals surface area (Å²) in [5.74, 6) is -1.06. The molecule has 144 valence electrons. The minimum atomic E-state index is -0.691. The number of carbonyl (C=O) groups is 2. The van der Waals surface area contributed by atoms with E-state index in [1.54, 1.807) is 13.0 Å². The largest absolute Gasteiger partial charge is 0.483 e. The highest BCUT2D eigenvalue weighted by Crippen LogP contribution is 2.29. The van der Waals surface area contributed by atoms with Crippen LogP contribution in [-0.4, -0.2) is 29.9 Å². The topological polar surface area (TPSA) is 83.2 Å². The first kappa shape index (κ1) is 19.2. The Labute approximate surface area is 161 Å². The van der Waals surface area contributed by atoms with Crippen molar-refractivity contribution in [2.75, 3.05) is 7.05 Å². The molecule has 0 saturated heterocycles. The van der Waals surface area contributed by atoms with Crippen LogP contribution in [0.5, 0.6) is 5.75 Å². The lowest BCUT2D eigenvalue weighted by molar-refractivity contribution is 0.0912. The molecule has 8 heteroatoms. The Morgan fingerprint density at radius 2 is 2.04 bits per heavy atom. The van der Waals surface area contributed by atoms with Gasteiger partial charge in [0.25, 0.3) is 11.8 Å². The number of aromatic amines is 1. The van der Waals surface area contributed by atoms with Crippen LogP contribution in [-0.2, 0) is 0 Å². The Morgan fingerprint density at radius 3 is 2.63 bits per heavy atom. The summed E-state index contributed by atoms with van der Waals surface area (Å²) < 4.78 is 19.9. The van der Waals surface area contributed by atoms with E-state index in [2.05, 4.69) is 15.6 Å². The number of carbonyl (C=O) groups excluding carboxylic acids is 2. The third kappa shape index (κ3) is 4.24. The van der Waals surface area contributed by atoms with Gasteiger partial charge < -0.3 is 20.4 Å². The van der Waals surface area contributed by atoms with Gasteiger partial charge in [-0.1, -0.05) is 17.7 Å². The van der Waals surface area contributed by atoms with Crippen molar-refractivity contribution < 1.29 is 18.7 Å². The molecule has 0 spiro atoms. The fourth-order valence-corrected chi connectivity index (χ4v) is 3.00. The molecule has 1 atom stereocenters. The van der Waals surface area contributed by atoms with Crippen molar-refractivity contribution >= 4 is 23.4 Å². The molecule has 1 fully saturated rings. The van der Waals surface area contributed by atoms with Gasteiger partial charge in [0.1, 0.15) is 23.3 Å². The number of aromatic nitrogens is 1. The second kappa shape index (κ2) is 8.00. The Morgan fingerprint density at radius 1 is 1.30 bits per heavy atom. The number of ether oxygens (including phenoxy) is 1. The van der Waals surface area contributed by atoms with Gasteiger partial charge in [0.15, 0.2) is 5.75 Å². The zero-order chi connectivity index (χ0) is 19.6. The molecular weight excluding hydrogens is 373 g/mol. The molecule has 0 aliphatic heterocycles. The monoisotopic (exact) mass is 393 g/mol. The van der Waals surface area contributed by atoms with E-state index in [1.807, 2.05) is 0 Å². The summed E-state index contributed by atoms with van der Waals surface area (Å²) in [6, 6.07) is 5.91. The number of rotatable bonds is 6. The lowest BCUT2D eigenvalue weighted by atomic mass is 9.93. The number of hydrogen-bond acceptors (Lipinski definition) is 3. The molecule has 1 aromatic carbocycles. The predicted octanol–water partition coefficient (Wildman–Crippen LogP) is 3.59. The van der Waals surface area contributed by atoms with Gasteiger partial charge in [-0.2, -0.15) is 0 Å². The van der Waals surface area contributed by atoms with Gasteiger partial charge >= 0.3 is 0 Å². The summed E-state index contributed by atoms with van der Waals surface area (Å²) in [6.45, 7) is 1.65. The Hall–Kier alpha value is -2.54. The quantitative estimate of drug-likeness (QED) is 0.701. The molecule has 2 aromatic rings. The van der Waals surface area contributed by atoms with E-state index in [0.29, 0.717) is 5.56 Å². The zero-order valence-electron chi connectivity index (χ0n) is 15.1. The molecule has 1 aliphatic rings. The summed E-state index contributed by atoms with van der Waals surface area (Å²) in [5, 5.41) is 5.68. The van der Waals surface area contributed by atoms with Crippen molar-refractivity contribution in [2.45, 2.75) is 38.3 Å². The number of nitrogens with one attached hydrogen (secondary N) is 3. The van der Waals surface area contributed by atoms with Crippen molar-refractivity contribution in [2.24, 2.45) is 0 Å². The number of benzene rings is 1. The van der Waals surface area contributed by atoms with Crippen LogP contribution >= 0.6 is 11.6 Å². The predicted molar refractivity (Wildman–Crippen MR) is 99.7 cm³/mol. The molecule has 3 N–H and O–H groups in total. The fraction of sp³-hybridized carbons (Fsp3) is 0.368. The first-order chi connectivity index (χ1) is 12.9. The maximum Gasteiger partial charge on any atom is 0.271 e. The van der Waals surface area contributed by atoms with E-state index in [1.165, 1.54) is 25.2 Å². The molecule has 2 amide bonds. The summed E-state index contributed by atoms with van der Waals surface area (Å²) in [4.78, 5) is 27.3. The second-order valence-electron chi connectivity index (χ2n) is 6.53. The normalized spacial score (nSPS) is 15.0. The van der Waals surface area contributed by atoms with E-state index in [4.69, 9.17) is 16.3 Å². The highest BCUT2D eigenvalue weighted by Gasteiger charge is 2.25. The Bertz CT molecular complexity index is 864. The minimum Gasteiger partial charge on any atom is -0.483 e. The lowest BCUT2D eigenvalue weighted by Crippen LogP contribution is -2.39. The number of H-pyrrole nitrogens is 1. The molecule has 0 radical (unpaired) electrons. The molecule has 1 aromatic heterocycles. The number of amides is 2. The third-order valence-corrected chi connectivity index (χ3v) is 4.86. The summed E-state index contributed by atoms with van der Waals surface area (Å²) in [5.41, 5.74) is 0.626. The van der Waals surface area contributed by atoms with Crippen molar-refractivity contribution in [3.63, 3.8) is 0 Å². The zero-order valence-corrected chi connectivity index (χ0v) is 15.8. The summed E-state index contributed by atoms with van der Waals surface area (Å²) >= 11 is 5.78. The van der Waals surface area contributed by atoms with Crippen LogP contribution in [0, 0.1) is 5.82 Å². The van der Waals surface area contributed by atoms with Crippen LogP contribution in [0.4, 0.5) is 4.39 Å². The SMILES string of the molecule is CNC(=O)c1[nH]c(C(=O)NC2CCC2)cc1OC(C)c1ccc(Cl)cc1F. The molecule has 1 unspecified atom stereocenters. The fourth-order valence-electron chi connectivity index (χ4n) is 2.85. The van der Waals surface area contributed by atoms with Gasteiger partial charge in [-0.15, -0.1) is 0 Å². The highest BCUT2D eigenvalue weighted by atomic mass is 35.5. The number of halogens is 2. The molecular formula is C19H21ClFN3O3. The molecule has 1 saturated carbocycles. The van der Waals surface area contributed by atoms with Gasteiger partial charge in [0.05, 0.1) is 0 Å². The standard InChI is InChI=1S/C19H21ClFN3O3/c1-10(13-7-6-11(20)8-14(13)21)27-16-9-15(24-17(16)19(26)22-2)18(25)23-12-4-3-5-12/h6-10,12,24H,3-5H2,1-2H3,(H,22,26)(H,23,25). The van der Waals surface area contributed by atoms with Crippen LogP contribution in [0.25, 0.3) is 0 Å². The van der Waals surface area contributed by atoms with E-state index in [-0.39, 0.29) is 34.1 Å². The smallest absolute Gasteiger partial charge is 0.271 e. The molecule has 0 bridgehead atoms. The van der Waals surface area contributed by atoms with Crippen LogP contribution in [0.3, 0.4) is 0 Å². The molecule has 1 heterocycles. The molecule has 27 heavy (non-hydrogen) atoms. The Kier molecular flexibility index (Phi) is 5.70. The van der Waals surface area contributed by atoms with Crippen LogP contribution in [0.2, 0.25) is 5.02 Å². The third-order valence-electron chi connectivity index (χ3n) is 4.62. The first-order valence-electron chi connectivity index (χ1n) is 8.76. The molecule has 6 nitrogen and oxygen atoms in total. The van der Waals surface area contributed by atoms with Crippen molar-refractivity contribution in [3.8, 4) is 5.75 Å². The van der Waals surface area contributed by atoms with Crippen LogP contribution in [0.1, 0.15) is 58.8 Å². The number of hydrogen-bond donors (Lipinski definition) is 3. The lowest BCUT2D eigenvalue weighted by Gasteiger charge is -2.25. The van der Waals surface area contributed by atoms with Crippen molar-refractivity contribution in [3.05, 3.63) is 52.1 Å². The van der Waals surface area contributed by atoms with Crippen LogP contribution in [0.15, 0.2) is 24.3 Å². The van der Waals surface area contributed by atoms with E-state index in [9.17, 15) is 14.0 Å². The second-order valence-corrected chi connectivity index (χ2v) is 6.97. The molecule has 3 rings (SSSR count). The van der Waals surface area contributed by atoms with E-state index in [0.717, 1.165) is 19.3 Å². The summed E-state index contributed by atoms with van der Waals surface area (Å²) in [6.07, 6.45) is 2.30. The maximum atomic E-state index is 14.1. The van der Waals surface area contributed by atoms with E-state index < -0.39 is 17.8 Å². The van der Waals surface area contributed by atoms with E-state index >= 15 is 0 Å². The average Bonchev–Trinajstić information content (AvgIpc) is 3.01.